The third-order valence-electron chi connectivity index (χ3n) is 2.60. The first-order valence-corrected chi connectivity index (χ1v) is 6.26. The van der Waals surface area contributed by atoms with Crippen LogP contribution in [-0.2, 0) is 6.54 Å². The zero-order valence-corrected chi connectivity index (χ0v) is 12.4. The van der Waals surface area contributed by atoms with Crippen LogP contribution in [0.1, 0.15) is 25.3 Å². The van der Waals surface area contributed by atoms with Crippen molar-refractivity contribution in [3.8, 4) is 23.8 Å². The fraction of sp³-hybridized carbons (Fsp3) is 0.467. The van der Waals surface area contributed by atoms with E-state index in [1.807, 2.05) is 18.2 Å². The highest BCUT2D eigenvalue weighted by Gasteiger charge is 2.09. The molecule has 0 bridgehead atoms. The maximum absolute atomic E-state index is 5.56. The number of rotatable bonds is 8. The number of hydrogen-bond acceptors (Lipinski definition) is 3. The Bertz CT molecular complexity index is 402. The quantitative estimate of drug-likeness (QED) is 0.588. The first-order chi connectivity index (χ1) is 8.83. The van der Waals surface area contributed by atoms with Crippen LogP contribution in [0.5, 0.6) is 11.5 Å². The highest BCUT2D eigenvalue weighted by molar-refractivity contribution is 5.85. The van der Waals surface area contributed by atoms with Gasteiger partial charge in [-0.2, -0.15) is 0 Å². The summed E-state index contributed by atoms with van der Waals surface area (Å²) < 4.78 is 10.9. The van der Waals surface area contributed by atoms with Crippen LogP contribution >= 0.6 is 12.4 Å². The molecule has 19 heavy (non-hydrogen) atoms. The first-order valence-electron chi connectivity index (χ1n) is 6.26. The average Bonchev–Trinajstić information content (AvgIpc) is 2.41. The molecule has 1 rings (SSSR count). The molecule has 0 heterocycles. The minimum absolute atomic E-state index is 0. The fourth-order valence-corrected chi connectivity index (χ4v) is 1.66. The monoisotopic (exact) mass is 283 g/mol. The van der Waals surface area contributed by atoms with E-state index in [-0.39, 0.29) is 19.0 Å². The van der Waals surface area contributed by atoms with Crippen molar-refractivity contribution in [3.63, 3.8) is 0 Å². The molecule has 0 amide bonds. The van der Waals surface area contributed by atoms with Gasteiger partial charge in [-0.05, 0) is 19.0 Å². The number of terminal acetylenes is 1. The van der Waals surface area contributed by atoms with Crippen LogP contribution < -0.4 is 14.8 Å². The van der Waals surface area contributed by atoms with Crippen molar-refractivity contribution in [2.45, 2.75) is 26.3 Å². The van der Waals surface area contributed by atoms with Gasteiger partial charge in [-0.1, -0.05) is 31.4 Å². The van der Waals surface area contributed by atoms with Gasteiger partial charge in [0.15, 0.2) is 11.5 Å². The predicted octanol–water partition coefficient (Wildman–Crippen LogP) is 3.02. The largest absolute Gasteiger partial charge is 0.493 e. The molecule has 1 N–H and O–H groups in total. The van der Waals surface area contributed by atoms with E-state index in [1.54, 1.807) is 7.11 Å². The molecule has 0 aliphatic carbocycles. The van der Waals surface area contributed by atoms with Crippen LogP contribution in [0.2, 0.25) is 0 Å². The summed E-state index contributed by atoms with van der Waals surface area (Å²) in [6.07, 6.45) is 7.58. The number of methoxy groups -OCH3 is 1. The zero-order chi connectivity index (χ0) is 13.2. The van der Waals surface area contributed by atoms with E-state index in [0.29, 0.717) is 0 Å². The summed E-state index contributed by atoms with van der Waals surface area (Å²) >= 11 is 0. The van der Waals surface area contributed by atoms with Crippen molar-refractivity contribution in [1.82, 2.24) is 5.32 Å². The Morgan fingerprint density at radius 3 is 2.79 bits per heavy atom. The number of unbranched alkanes of at least 4 members (excludes halogenated alkanes) is 1. The SMILES string of the molecule is C#CCOc1c(CNCCCC)cccc1OC.Cl. The lowest BCUT2D eigenvalue weighted by molar-refractivity contribution is 0.326. The lowest BCUT2D eigenvalue weighted by Crippen LogP contribution is -2.15. The van der Waals surface area contributed by atoms with E-state index in [1.165, 1.54) is 12.8 Å². The third-order valence-corrected chi connectivity index (χ3v) is 2.60. The molecule has 1 aromatic carbocycles. The highest BCUT2D eigenvalue weighted by atomic mass is 35.5. The summed E-state index contributed by atoms with van der Waals surface area (Å²) in [6.45, 7) is 4.19. The molecular formula is C15H22ClNO2. The molecule has 0 unspecified atom stereocenters. The standard InChI is InChI=1S/C15H21NO2.ClH/c1-4-6-10-16-12-13-8-7-9-14(17-3)15(13)18-11-5-2;/h2,7-9,16H,4,6,10-12H2,1,3H3;1H. The molecule has 1 aromatic rings. The topological polar surface area (TPSA) is 30.5 Å². The van der Waals surface area contributed by atoms with Crippen LogP contribution in [-0.4, -0.2) is 20.3 Å². The molecule has 0 fully saturated rings. The summed E-state index contributed by atoms with van der Waals surface area (Å²) in [5.74, 6) is 3.93. The lowest BCUT2D eigenvalue weighted by atomic mass is 10.2. The van der Waals surface area contributed by atoms with Gasteiger partial charge in [-0.15, -0.1) is 18.8 Å². The predicted molar refractivity (Wildman–Crippen MR) is 81.2 cm³/mol. The van der Waals surface area contributed by atoms with Crippen LogP contribution in [0.4, 0.5) is 0 Å². The van der Waals surface area contributed by atoms with Gasteiger partial charge in [-0.3, -0.25) is 0 Å². The van der Waals surface area contributed by atoms with E-state index in [0.717, 1.165) is 30.2 Å². The molecular weight excluding hydrogens is 262 g/mol. The Morgan fingerprint density at radius 1 is 1.37 bits per heavy atom. The van der Waals surface area contributed by atoms with Crippen molar-refractivity contribution in [3.05, 3.63) is 23.8 Å². The minimum atomic E-state index is 0. The minimum Gasteiger partial charge on any atom is -0.493 e. The number of benzene rings is 1. The lowest BCUT2D eigenvalue weighted by Gasteiger charge is -2.14. The Balaban J connectivity index is 0.00000324. The smallest absolute Gasteiger partial charge is 0.167 e. The second-order valence-electron chi connectivity index (χ2n) is 3.97. The van der Waals surface area contributed by atoms with Crippen LogP contribution in [0.25, 0.3) is 0 Å². The summed E-state index contributed by atoms with van der Waals surface area (Å²) in [6, 6.07) is 5.85. The highest BCUT2D eigenvalue weighted by Crippen LogP contribution is 2.30. The molecule has 0 atom stereocenters. The number of halogens is 1. The zero-order valence-electron chi connectivity index (χ0n) is 11.6. The van der Waals surface area contributed by atoms with Gasteiger partial charge >= 0.3 is 0 Å². The maximum atomic E-state index is 5.56. The van der Waals surface area contributed by atoms with E-state index in [2.05, 4.69) is 18.2 Å². The first kappa shape index (κ1) is 17.6. The van der Waals surface area contributed by atoms with E-state index >= 15 is 0 Å². The molecule has 0 aliphatic heterocycles. The maximum Gasteiger partial charge on any atom is 0.167 e. The second-order valence-corrected chi connectivity index (χ2v) is 3.97. The van der Waals surface area contributed by atoms with Gasteiger partial charge in [0.05, 0.1) is 7.11 Å². The van der Waals surface area contributed by atoms with Gasteiger partial charge in [0.2, 0.25) is 0 Å². The molecule has 106 valence electrons. The van der Waals surface area contributed by atoms with Gasteiger partial charge in [0.1, 0.15) is 6.61 Å². The van der Waals surface area contributed by atoms with Crippen LogP contribution in [0, 0.1) is 12.3 Å². The van der Waals surface area contributed by atoms with Crippen molar-refractivity contribution in [2.24, 2.45) is 0 Å². The Morgan fingerprint density at radius 2 is 2.16 bits per heavy atom. The Kier molecular flexibility index (Phi) is 9.78. The third kappa shape index (κ3) is 5.87. The Labute approximate surface area is 122 Å². The van der Waals surface area contributed by atoms with Gasteiger partial charge in [-0.25, -0.2) is 0 Å². The second kappa shape index (κ2) is 10.5. The summed E-state index contributed by atoms with van der Waals surface area (Å²) in [7, 11) is 1.63. The Hall–Kier alpha value is -1.37. The van der Waals surface area contributed by atoms with E-state index in [4.69, 9.17) is 15.9 Å². The summed E-state index contributed by atoms with van der Waals surface area (Å²) in [4.78, 5) is 0. The molecule has 0 aromatic heterocycles. The van der Waals surface area contributed by atoms with Crippen LogP contribution in [0.3, 0.4) is 0 Å². The van der Waals surface area contributed by atoms with E-state index < -0.39 is 0 Å². The number of hydrogen-bond donors (Lipinski definition) is 1. The molecule has 0 aliphatic rings. The normalized spacial score (nSPS) is 9.32. The molecule has 4 heteroatoms. The van der Waals surface area contributed by atoms with Gasteiger partial charge in [0, 0.05) is 12.1 Å². The number of ether oxygens (including phenoxy) is 2. The van der Waals surface area contributed by atoms with Gasteiger partial charge < -0.3 is 14.8 Å². The van der Waals surface area contributed by atoms with Crippen molar-refractivity contribution in [2.75, 3.05) is 20.3 Å². The summed E-state index contributed by atoms with van der Waals surface area (Å²) in [5, 5.41) is 3.38. The van der Waals surface area contributed by atoms with Gasteiger partial charge in [0.25, 0.3) is 0 Å². The number of nitrogens with one attached hydrogen (secondary N) is 1. The van der Waals surface area contributed by atoms with Crippen molar-refractivity contribution < 1.29 is 9.47 Å². The average molecular weight is 284 g/mol. The van der Waals surface area contributed by atoms with Crippen LogP contribution in [0.15, 0.2) is 18.2 Å². The molecule has 0 spiro atoms. The molecule has 3 nitrogen and oxygen atoms in total. The van der Waals surface area contributed by atoms with Crippen molar-refractivity contribution in [1.29, 1.82) is 0 Å². The van der Waals surface area contributed by atoms with Crippen molar-refractivity contribution >= 4 is 12.4 Å². The fourth-order valence-electron chi connectivity index (χ4n) is 1.66. The molecule has 0 radical (unpaired) electrons. The molecule has 0 saturated heterocycles. The number of para-hydroxylation sites is 1. The molecule has 0 saturated carbocycles. The van der Waals surface area contributed by atoms with E-state index in [9.17, 15) is 0 Å². The summed E-state index contributed by atoms with van der Waals surface area (Å²) in [5.41, 5.74) is 1.07.